The SMILES string of the molecule is CSc1nnc(SC)c2c1nc(CC(C)(C)C)n2Cc1ccc(-c2ccccc2-c2nn[nH]n2)cc1. The highest BCUT2D eigenvalue weighted by Crippen LogP contribution is 2.34. The minimum absolute atomic E-state index is 0.0990. The predicted molar refractivity (Wildman–Crippen MR) is 146 cm³/mol. The van der Waals surface area contributed by atoms with Gasteiger partial charge in [-0.2, -0.15) is 5.21 Å². The van der Waals surface area contributed by atoms with Crippen molar-refractivity contribution in [1.82, 2.24) is 40.4 Å². The molecule has 10 heteroatoms. The van der Waals surface area contributed by atoms with E-state index in [4.69, 9.17) is 4.98 Å². The molecule has 5 rings (SSSR count). The average Bonchev–Trinajstić information content (AvgIpc) is 3.52. The van der Waals surface area contributed by atoms with Crippen molar-refractivity contribution in [1.29, 1.82) is 0 Å². The van der Waals surface area contributed by atoms with Crippen LogP contribution in [0.3, 0.4) is 0 Å². The molecule has 184 valence electrons. The van der Waals surface area contributed by atoms with E-state index in [1.165, 1.54) is 5.56 Å². The number of thioether (sulfide) groups is 2. The molecule has 0 aliphatic rings. The summed E-state index contributed by atoms with van der Waals surface area (Å²) in [6.07, 6.45) is 4.92. The zero-order valence-corrected chi connectivity index (χ0v) is 22.6. The van der Waals surface area contributed by atoms with E-state index in [9.17, 15) is 0 Å². The van der Waals surface area contributed by atoms with Crippen LogP contribution < -0.4 is 0 Å². The Labute approximate surface area is 218 Å². The molecule has 0 bridgehead atoms. The minimum Gasteiger partial charge on any atom is -0.321 e. The van der Waals surface area contributed by atoms with Crippen molar-refractivity contribution >= 4 is 34.6 Å². The van der Waals surface area contributed by atoms with Gasteiger partial charge in [-0.3, -0.25) is 0 Å². The molecule has 8 nitrogen and oxygen atoms in total. The first-order chi connectivity index (χ1) is 17.4. The van der Waals surface area contributed by atoms with Crippen LogP contribution in [0.15, 0.2) is 58.6 Å². The third kappa shape index (κ3) is 4.87. The Bertz CT molecular complexity index is 1490. The minimum atomic E-state index is 0.0990. The number of H-pyrrole nitrogens is 1. The number of aromatic nitrogens is 8. The number of aromatic amines is 1. The summed E-state index contributed by atoms with van der Waals surface area (Å²) in [6.45, 7) is 7.44. The van der Waals surface area contributed by atoms with Gasteiger partial charge in [-0.05, 0) is 39.8 Å². The molecule has 0 fully saturated rings. The third-order valence-corrected chi connectivity index (χ3v) is 7.20. The number of hydrogen-bond acceptors (Lipinski definition) is 8. The molecule has 3 heterocycles. The number of imidazole rings is 1. The fourth-order valence-electron chi connectivity index (χ4n) is 4.28. The number of rotatable bonds is 7. The lowest BCUT2D eigenvalue weighted by Gasteiger charge is -2.19. The Balaban J connectivity index is 1.55. The summed E-state index contributed by atoms with van der Waals surface area (Å²) in [7, 11) is 0. The Morgan fingerprint density at radius 1 is 0.861 bits per heavy atom. The van der Waals surface area contributed by atoms with E-state index in [1.807, 2.05) is 30.7 Å². The van der Waals surface area contributed by atoms with Crippen LogP contribution in [0.2, 0.25) is 0 Å². The molecule has 0 saturated heterocycles. The summed E-state index contributed by atoms with van der Waals surface area (Å²) < 4.78 is 2.32. The van der Waals surface area contributed by atoms with E-state index >= 15 is 0 Å². The van der Waals surface area contributed by atoms with Crippen molar-refractivity contribution in [3.8, 4) is 22.5 Å². The van der Waals surface area contributed by atoms with E-state index in [1.54, 1.807) is 23.5 Å². The second kappa shape index (κ2) is 10.0. The number of tetrazole rings is 1. The number of hydrogen-bond donors (Lipinski definition) is 1. The molecule has 0 aliphatic heterocycles. The molecule has 0 amide bonds. The lowest BCUT2D eigenvalue weighted by Crippen LogP contribution is -2.15. The van der Waals surface area contributed by atoms with Crippen molar-refractivity contribution in [3.63, 3.8) is 0 Å². The van der Waals surface area contributed by atoms with Gasteiger partial charge in [-0.1, -0.05) is 69.3 Å². The molecule has 5 aromatic rings. The van der Waals surface area contributed by atoms with Crippen LogP contribution in [0.5, 0.6) is 0 Å². The second-order valence-corrected chi connectivity index (χ2v) is 11.3. The van der Waals surface area contributed by atoms with Crippen molar-refractivity contribution in [3.05, 3.63) is 59.9 Å². The lowest BCUT2D eigenvalue weighted by atomic mass is 9.92. The molecular formula is C26H28N8S2. The molecule has 0 radical (unpaired) electrons. The molecule has 36 heavy (non-hydrogen) atoms. The molecule has 0 saturated carbocycles. The molecule has 0 aliphatic carbocycles. The maximum atomic E-state index is 5.08. The number of nitrogens with one attached hydrogen (secondary N) is 1. The van der Waals surface area contributed by atoms with Crippen molar-refractivity contribution in [2.24, 2.45) is 5.41 Å². The van der Waals surface area contributed by atoms with Gasteiger partial charge in [0.05, 0.1) is 0 Å². The monoisotopic (exact) mass is 516 g/mol. The van der Waals surface area contributed by atoms with Gasteiger partial charge in [0.2, 0.25) is 5.82 Å². The number of benzene rings is 2. The fourth-order valence-corrected chi connectivity index (χ4v) is 5.26. The van der Waals surface area contributed by atoms with Crippen LogP contribution >= 0.6 is 23.5 Å². The summed E-state index contributed by atoms with van der Waals surface area (Å²) in [4.78, 5) is 5.08. The van der Waals surface area contributed by atoms with Crippen LogP contribution in [0.4, 0.5) is 0 Å². The van der Waals surface area contributed by atoms with Crippen molar-refractivity contribution in [2.75, 3.05) is 12.5 Å². The van der Waals surface area contributed by atoms with Crippen LogP contribution in [0.25, 0.3) is 33.5 Å². The maximum absolute atomic E-state index is 5.08. The first kappa shape index (κ1) is 24.5. The summed E-state index contributed by atoms with van der Waals surface area (Å²) in [5, 5.41) is 25.3. The van der Waals surface area contributed by atoms with Crippen molar-refractivity contribution in [2.45, 2.75) is 43.8 Å². The Morgan fingerprint density at radius 3 is 2.19 bits per heavy atom. The van der Waals surface area contributed by atoms with E-state index in [-0.39, 0.29) is 5.41 Å². The summed E-state index contributed by atoms with van der Waals surface area (Å²) in [5.41, 5.74) is 6.40. The third-order valence-electron chi connectivity index (χ3n) is 5.88. The molecular weight excluding hydrogens is 488 g/mol. The summed E-state index contributed by atoms with van der Waals surface area (Å²) >= 11 is 3.20. The van der Waals surface area contributed by atoms with Gasteiger partial charge in [0.1, 0.15) is 26.9 Å². The van der Waals surface area contributed by atoms with E-state index in [2.05, 4.69) is 86.5 Å². The quantitative estimate of drug-likeness (QED) is 0.273. The van der Waals surface area contributed by atoms with Gasteiger partial charge < -0.3 is 4.57 Å². The maximum Gasteiger partial charge on any atom is 0.205 e. The number of nitrogens with zero attached hydrogens (tertiary/aromatic N) is 7. The van der Waals surface area contributed by atoms with Crippen LogP contribution in [-0.2, 0) is 13.0 Å². The molecule has 1 N–H and O–H groups in total. The molecule has 0 spiro atoms. The van der Waals surface area contributed by atoms with Gasteiger partial charge in [-0.15, -0.1) is 43.9 Å². The van der Waals surface area contributed by atoms with Crippen LogP contribution in [0, 0.1) is 5.41 Å². The van der Waals surface area contributed by atoms with Gasteiger partial charge in [0.15, 0.2) is 0 Å². The molecule has 0 unspecified atom stereocenters. The van der Waals surface area contributed by atoms with Gasteiger partial charge >= 0.3 is 0 Å². The largest absolute Gasteiger partial charge is 0.321 e. The predicted octanol–water partition coefficient (Wildman–Crippen LogP) is 5.75. The topological polar surface area (TPSA) is 98.1 Å². The molecule has 2 aromatic carbocycles. The van der Waals surface area contributed by atoms with Gasteiger partial charge in [0.25, 0.3) is 0 Å². The average molecular weight is 517 g/mol. The highest BCUT2D eigenvalue weighted by molar-refractivity contribution is 7.99. The Hall–Kier alpha value is -3.24. The van der Waals surface area contributed by atoms with Crippen LogP contribution in [-0.4, -0.2) is 52.9 Å². The number of fused-ring (bicyclic) bond motifs is 1. The Morgan fingerprint density at radius 2 is 1.56 bits per heavy atom. The molecule has 0 atom stereocenters. The first-order valence-electron chi connectivity index (χ1n) is 11.6. The lowest BCUT2D eigenvalue weighted by molar-refractivity contribution is 0.394. The zero-order valence-electron chi connectivity index (χ0n) is 21.0. The smallest absolute Gasteiger partial charge is 0.205 e. The summed E-state index contributed by atoms with van der Waals surface area (Å²) in [6, 6.07) is 16.8. The van der Waals surface area contributed by atoms with E-state index in [0.717, 1.165) is 50.0 Å². The second-order valence-electron chi connectivity index (χ2n) is 9.75. The summed E-state index contributed by atoms with van der Waals surface area (Å²) in [5.74, 6) is 1.64. The normalized spacial score (nSPS) is 11.9. The van der Waals surface area contributed by atoms with Gasteiger partial charge in [0, 0.05) is 18.5 Å². The van der Waals surface area contributed by atoms with Crippen LogP contribution in [0.1, 0.15) is 32.2 Å². The first-order valence-corrected chi connectivity index (χ1v) is 14.1. The highest BCUT2D eigenvalue weighted by atomic mass is 32.2. The highest BCUT2D eigenvalue weighted by Gasteiger charge is 2.23. The van der Waals surface area contributed by atoms with E-state index < -0.39 is 0 Å². The Kier molecular flexibility index (Phi) is 6.81. The standard InChI is InChI=1S/C26H28N8S2/c1-26(2,3)14-20-27-21-22(25(36-5)31-30-24(21)35-4)34(20)15-16-10-12-17(13-11-16)18-8-6-7-9-19(18)23-28-32-33-29-23/h6-13H,14-15H2,1-5H3,(H,28,29,32,33). The molecule has 3 aromatic heterocycles. The zero-order chi connectivity index (χ0) is 25.3. The van der Waals surface area contributed by atoms with E-state index in [0.29, 0.717) is 12.4 Å². The van der Waals surface area contributed by atoms with Crippen molar-refractivity contribution < 1.29 is 0 Å². The fraction of sp³-hybridized carbons (Fsp3) is 0.308. The van der Waals surface area contributed by atoms with Gasteiger partial charge in [-0.25, -0.2) is 4.98 Å².